The van der Waals surface area contributed by atoms with E-state index < -0.39 is 0 Å². The predicted molar refractivity (Wildman–Crippen MR) is 71.6 cm³/mol. The van der Waals surface area contributed by atoms with Gasteiger partial charge in [-0.3, -0.25) is 0 Å². The molecule has 0 aromatic heterocycles. The van der Waals surface area contributed by atoms with Gasteiger partial charge in [-0.2, -0.15) is 12.6 Å². The molecule has 0 spiro atoms. The number of piperidine rings is 1. The number of hydrogen-bond donors (Lipinski definition) is 2. The van der Waals surface area contributed by atoms with Crippen molar-refractivity contribution in [3.63, 3.8) is 0 Å². The molecule has 2 heteroatoms. The molecule has 1 N–H and O–H groups in total. The third kappa shape index (κ3) is 2.91. The lowest BCUT2D eigenvalue weighted by molar-refractivity contribution is 0.106. The van der Waals surface area contributed by atoms with E-state index in [0.29, 0.717) is 5.25 Å². The Balaban J connectivity index is 2.87. The summed E-state index contributed by atoms with van der Waals surface area (Å²) in [5.41, 5.74) is 0.385. The second-order valence-corrected chi connectivity index (χ2v) is 6.99. The van der Waals surface area contributed by atoms with Crippen LogP contribution in [0.3, 0.4) is 0 Å². The third-order valence-corrected chi connectivity index (χ3v) is 4.95. The van der Waals surface area contributed by atoms with Crippen LogP contribution in [0.25, 0.3) is 0 Å². The minimum absolute atomic E-state index is 0.138. The Morgan fingerprint density at radius 1 is 1.33 bits per heavy atom. The van der Waals surface area contributed by atoms with Gasteiger partial charge in [-0.05, 0) is 46.0 Å². The fourth-order valence-corrected chi connectivity index (χ4v) is 3.51. The summed E-state index contributed by atoms with van der Waals surface area (Å²) in [6.07, 6.45) is 2.49. The molecule has 3 atom stereocenters. The number of hydrogen-bond acceptors (Lipinski definition) is 2. The van der Waals surface area contributed by atoms with Crippen LogP contribution in [0.2, 0.25) is 0 Å². The van der Waals surface area contributed by atoms with Crippen LogP contribution >= 0.6 is 12.6 Å². The van der Waals surface area contributed by atoms with Gasteiger partial charge in [-0.15, -0.1) is 0 Å². The first-order valence-corrected chi connectivity index (χ1v) is 6.68. The second-order valence-electron chi connectivity index (χ2n) is 6.43. The Bertz CT molecular complexity index is 223. The van der Waals surface area contributed by atoms with Crippen LogP contribution in [0.4, 0.5) is 0 Å². The van der Waals surface area contributed by atoms with Gasteiger partial charge in [0.1, 0.15) is 0 Å². The van der Waals surface area contributed by atoms with Gasteiger partial charge in [0.25, 0.3) is 0 Å². The van der Waals surface area contributed by atoms with E-state index in [2.05, 4.69) is 46.9 Å². The van der Waals surface area contributed by atoms with E-state index in [0.717, 1.165) is 11.8 Å². The van der Waals surface area contributed by atoms with Crippen LogP contribution in [-0.2, 0) is 0 Å². The van der Waals surface area contributed by atoms with Gasteiger partial charge in [0.15, 0.2) is 0 Å². The Morgan fingerprint density at radius 2 is 1.87 bits per heavy atom. The van der Waals surface area contributed by atoms with Gasteiger partial charge in [0.2, 0.25) is 0 Å². The summed E-state index contributed by atoms with van der Waals surface area (Å²) in [4.78, 5) is 0. The zero-order valence-electron chi connectivity index (χ0n) is 11.1. The SMILES string of the molecule is CCC(C)C1CC(C)(C)NC(C)(C)C1S. The van der Waals surface area contributed by atoms with Crippen LogP contribution < -0.4 is 5.32 Å². The molecule has 1 nitrogen and oxygen atoms in total. The van der Waals surface area contributed by atoms with Gasteiger partial charge in [0.05, 0.1) is 0 Å². The number of thiol groups is 1. The lowest BCUT2D eigenvalue weighted by atomic mass is 9.70. The summed E-state index contributed by atoms with van der Waals surface area (Å²) in [5.74, 6) is 1.50. The minimum Gasteiger partial charge on any atom is -0.306 e. The van der Waals surface area contributed by atoms with E-state index in [4.69, 9.17) is 12.6 Å². The molecular weight excluding hydrogens is 202 g/mol. The largest absolute Gasteiger partial charge is 0.306 e. The van der Waals surface area contributed by atoms with Gasteiger partial charge < -0.3 is 5.32 Å². The number of nitrogens with one attached hydrogen (secondary N) is 1. The molecule has 1 aliphatic rings. The molecule has 1 heterocycles. The van der Waals surface area contributed by atoms with E-state index >= 15 is 0 Å². The molecule has 15 heavy (non-hydrogen) atoms. The summed E-state index contributed by atoms with van der Waals surface area (Å²) in [6.45, 7) is 13.8. The highest BCUT2D eigenvalue weighted by Crippen LogP contribution is 2.40. The molecule has 1 saturated heterocycles. The molecule has 0 bridgehead atoms. The first-order chi connectivity index (χ1) is 6.69. The molecule has 3 unspecified atom stereocenters. The molecular formula is C13H27NS. The topological polar surface area (TPSA) is 12.0 Å². The molecule has 90 valence electrons. The van der Waals surface area contributed by atoms with E-state index in [1.54, 1.807) is 0 Å². The van der Waals surface area contributed by atoms with Crippen molar-refractivity contribution in [3.05, 3.63) is 0 Å². The molecule has 0 aromatic rings. The highest BCUT2D eigenvalue weighted by molar-refractivity contribution is 7.81. The van der Waals surface area contributed by atoms with Gasteiger partial charge in [-0.1, -0.05) is 20.3 Å². The van der Waals surface area contributed by atoms with Crippen LogP contribution in [0.5, 0.6) is 0 Å². The van der Waals surface area contributed by atoms with Crippen LogP contribution in [0, 0.1) is 11.8 Å². The third-order valence-electron chi connectivity index (χ3n) is 3.93. The lowest BCUT2D eigenvalue weighted by Gasteiger charge is -2.52. The molecule has 1 rings (SSSR count). The summed E-state index contributed by atoms with van der Waals surface area (Å²) in [6, 6.07) is 0. The maximum absolute atomic E-state index is 4.85. The molecule has 0 aliphatic carbocycles. The van der Waals surface area contributed by atoms with E-state index in [1.165, 1.54) is 12.8 Å². The smallest absolute Gasteiger partial charge is 0.0248 e. The Morgan fingerprint density at radius 3 is 2.33 bits per heavy atom. The summed E-state index contributed by atoms with van der Waals surface area (Å²) in [5, 5.41) is 4.17. The molecule has 1 aliphatic heterocycles. The zero-order chi connectivity index (χ0) is 11.9. The Labute approximate surface area is 101 Å². The second kappa shape index (κ2) is 4.29. The summed E-state index contributed by atoms with van der Waals surface area (Å²) >= 11 is 4.85. The summed E-state index contributed by atoms with van der Waals surface area (Å²) < 4.78 is 0. The monoisotopic (exact) mass is 229 g/mol. The van der Waals surface area contributed by atoms with Crippen LogP contribution in [0.15, 0.2) is 0 Å². The molecule has 1 fully saturated rings. The van der Waals surface area contributed by atoms with Gasteiger partial charge >= 0.3 is 0 Å². The standard InChI is InChI=1S/C13H27NS/c1-7-9(2)10-8-12(3,4)14-13(5,6)11(10)15/h9-11,14-15H,7-8H2,1-6H3. The number of rotatable bonds is 2. The minimum atomic E-state index is 0.138. The molecule has 0 aromatic carbocycles. The highest BCUT2D eigenvalue weighted by atomic mass is 32.1. The first kappa shape index (κ1) is 13.4. The van der Waals surface area contributed by atoms with Crippen molar-refractivity contribution in [1.82, 2.24) is 5.32 Å². The Kier molecular flexibility index (Phi) is 3.83. The maximum atomic E-state index is 4.85. The normalized spacial score (nSPS) is 36.2. The maximum Gasteiger partial charge on any atom is 0.0248 e. The van der Waals surface area contributed by atoms with Gasteiger partial charge in [0, 0.05) is 16.3 Å². The average Bonchev–Trinajstić information content (AvgIpc) is 2.08. The summed E-state index contributed by atoms with van der Waals surface area (Å²) in [7, 11) is 0. The quantitative estimate of drug-likeness (QED) is 0.691. The van der Waals surface area contributed by atoms with Crippen molar-refractivity contribution >= 4 is 12.6 Å². The van der Waals surface area contributed by atoms with E-state index in [-0.39, 0.29) is 11.1 Å². The van der Waals surface area contributed by atoms with E-state index in [9.17, 15) is 0 Å². The lowest BCUT2D eigenvalue weighted by Crippen LogP contribution is -2.64. The van der Waals surface area contributed by atoms with Crippen molar-refractivity contribution in [1.29, 1.82) is 0 Å². The van der Waals surface area contributed by atoms with E-state index in [1.807, 2.05) is 0 Å². The van der Waals surface area contributed by atoms with Crippen LogP contribution in [0.1, 0.15) is 54.4 Å². The van der Waals surface area contributed by atoms with Crippen molar-refractivity contribution in [2.24, 2.45) is 11.8 Å². The fraction of sp³-hybridized carbons (Fsp3) is 1.00. The fourth-order valence-electron chi connectivity index (χ4n) is 3.05. The molecule has 0 radical (unpaired) electrons. The van der Waals surface area contributed by atoms with Crippen molar-refractivity contribution in [2.75, 3.05) is 0 Å². The molecule has 0 saturated carbocycles. The Hall–Kier alpha value is 0.310. The first-order valence-electron chi connectivity index (χ1n) is 6.17. The average molecular weight is 229 g/mol. The molecule has 0 amide bonds. The van der Waals surface area contributed by atoms with Crippen molar-refractivity contribution in [3.8, 4) is 0 Å². The van der Waals surface area contributed by atoms with Crippen molar-refractivity contribution < 1.29 is 0 Å². The van der Waals surface area contributed by atoms with Gasteiger partial charge in [-0.25, -0.2) is 0 Å². The van der Waals surface area contributed by atoms with Crippen LogP contribution in [-0.4, -0.2) is 16.3 Å². The predicted octanol–water partition coefficient (Wildman–Crippen LogP) is 3.50. The van der Waals surface area contributed by atoms with Crippen molar-refractivity contribution in [2.45, 2.75) is 70.7 Å². The zero-order valence-corrected chi connectivity index (χ0v) is 12.0. The highest BCUT2D eigenvalue weighted by Gasteiger charge is 2.45.